The minimum absolute atomic E-state index is 0.0718. The van der Waals surface area contributed by atoms with Crippen LogP contribution in [0.2, 0.25) is 5.02 Å². The van der Waals surface area contributed by atoms with Gasteiger partial charge in [0.2, 0.25) is 5.91 Å². The van der Waals surface area contributed by atoms with Crippen molar-refractivity contribution in [3.8, 4) is 5.75 Å². The van der Waals surface area contributed by atoms with E-state index in [-0.39, 0.29) is 11.3 Å². The van der Waals surface area contributed by atoms with E-state index in [9.17, 15) is 9.90 Å². The van der Waals surface area contributed by atoms with Crippen molar-refractivity contribution in [2.24, 2.45) is 5.92 Å². The average molecular weight is 483 g/mol. The van der Waals surface area contributed by atoms with Crippen LogP contribution in [0.25, 0.3) is 0 Å². The molecule has 2 aliphatic heterocycles. The van der Waals surface area contributed by atoms with E-state index in [0.29, 0.717) is 31.5 Å². The second-order valence-corrected chi connectivity index (χ2v) is 10.8. The van der Waals surface area contributed by atoms with E-state index in [0.717, 1.165) is 61.5 Å². The average Bonchev–Trinajstić information content (AvgIpc) is 2.80. The number of hydrogen-bond donors (Lipinski definition) is 2. The zero-order chi connectivity index (χ0) is 23.7. The molecule has 0 spiro atoms. The topological polar surface area (TPSA) is 61.8 Å². The van der Waals surface area contributed by atoms with Crippen molar-refractivity contribution in [3.63, 3.8) is 0 Å². The molecular weight excluding hydrogens is 448 g/mol. The van der Waals surface area contributed by atoms with Crippen molar-refractivity contribution in [1.29, 1.82) is 0 Å². The van der Waals surface area contributed by atoms with Gasteiger partial charge in [-0.3, -0.25) is 9.69 Å². The van der Waals surface area contributed by atoms with Gasteiger partial charge in [0.25, 0.3) is 0 Å². The van der Waals surface area contributed by atoms with Crippen LogP contribution in [0.5, 0.6) is 5.75 Å². The minimum Gasteiger partial charge on any atom is -0.493 e. The second-order valence-electron chi connectivity index (χ2n) is 10.3. The number of aryl methyl sites for hydroxylation is 1. The molecule has 1 aliphatic carbocycles. The molecule has 0 bridgehead atoms. The number of carbonyl (C=O) groups is 1. The molecular formula is C28H35ClN2O3. The zero-order valence-corrected chi connectivity index (χ0v) is 20.7. The maximum atomic E-state index is 11.7. The van der Waals surface area contributed by atoms with Gasteiger partial charge in [0.05, 0.1) is 12.7 Å². The van der Waals surface area contributed by atoms with E-state index in [1.807, 2.05) is 24.3 Å². The van der Waals surface area contributed by atoms with Crippen molar-refractivity contribution in [2.45, 2.75) is 69.4 Å². The largest absolute Gasteiger partial charge is 0.493 e. The molecule has 5 rings (SSSR count). The number of amides is 1. The van der Waals surface area contributed by atoms with Gasteiger partial charge in [0, 0.05) is 47.1 Å². The summed E-state index contributed by atoms with van der Waals surface area (Å²) in [4.78, 5) is 14.2. The van der Waals surface area contributed by atoms with Crippen LogP contribution >= 0.6 is 11.6 Å². The molecule has 1 saturated heterocycles. The van der Waals surface area contributed by atoms with Gasteiger partial charge in [-0.15, -0.1) is 0 Å². The van der Waals surface area contributed by atoms with E-state index in [1.165, 1.54) is 11.1 Å². The predicted molar refractivity (Wildman–Crippen MR) is 136 cm³/mol. The number of carbonyl (C=O) groups excluding carboxylic acids is 1. The van der Waals surface area contributed by atoms with Crippen LogP contribution in [-0.2, 0) is 16.6 Å². The number of ether oxygens (including phenoxy) is 1. The first-order valence-electron chi connectivity index (χ1n) is 12.7. The Morgan fingerprint density at radius 3 is 2.71 bits per heavy atom. The first-order valence-corrected chi connectivity index (χ1v) is 13.1. The van der Waals surface area contributed by atoms with Crippen LogP contribution in [0.1, 0.15) is 56.6 Å². The van der Waals surface area contributed by atoms with E-state index >= 15 is 0 Å². The molecule has 2 heterocycles. The fourth-order valence-electron chi connectivity index (χ4n) is 5.97. The molecule has 5 nitrogen and oxygen atoms in total. The fourth-order valence-corrected chi connectivity index (χ4v) is 6.10. The number of piperidine rings is 1. The summed E-state index contributed by atoms with van der Waals surface area (Å²) in [6, 6.07) is 14.4. The lowest BCUT2D eigenvalue weighted by atomic mass is 9.61. The van der Waals surface area contributed by atoms with Gasteiger partial charge in [0.15, 0.2) is 0 Å². The molecule has 0 radical (unpaired) electrons. The summed E-state index contributed by atoms with van der Waals surface area (Å²) in [6.45, 7) is 4.60. The Morgan fingerprint density at radius 2 is 1.97 bits per heavy atom. The molecule has 34 heavy (non-hydrogen) atoms. The van der Waals surface area contributed by atoms with Crippen LogP contribution in [0.4, 0.5) is 5.69 Å². The molecule has 1 saturated carbocycles. The van der Waals surface area contributed by atoms with Crippen LogP contribution in [0.15, 0.2) is 42.5 Å². The number of anilines is 1. The number of aliphatic hydroxyl groups is 1. The third kappa shape index (κ3) is 4.71. The van der Waals surface area contributed by atoms with Gasteiger partial charge in [-0.05, 0) is 74.9 Å². The smallest absolute Gasteiger partial charge is 0.224 e. The number of benzene rings is 2. The van der Waals surface area contributed by atoms with Gasteiger partial charge in [-0.2, -0.15) is 0 Å². The maximum Gasteiger partial charge on any atom is 0.224 e. The molecule has 6 heteroatoms. The lowest BCUT2D eigenvalue weighted by Gasteiger charge is -2.49. The second kappa shape index (κ2) is 9.88. The van der Waals surface area contributed by atoms with E-state index in [4.69, 9.17) is 16.3 Å². The molecule has 182 valence electrons. The summed E-state index contributed by atoms with van der Waals surface area (Å²) in [5.74, 6) is 1.28. The summed E-state index contributed by atoms with van der Waals surface area (Å²) >= 11 is 6.11. The minimum atomic E-state index is -0.395. The lowest BCUT2D eigenvalue weighted by molar-refractivity contribution is -0.116. The van der Waals surface area contributed by atoms with Crippen molar-refractivity contribution in [3.05, 3.63) is 58.6 Å². The predicted octanol–water partition coefficient (Wildman–Crippen LogP) is 5.19. The first kappa shape index (κ1) is 23.7. The summed E-state index contributed by atoms with van der Waals surface area (Å²) in [5, 5.41) is 15.1. The fraction of sp³-hybridized carbons (Fsp3) is 0.536. The molecule has 0 aromatic heterocycles. The summed E-state index contributed by atoms with van der Waals surface area (Å²) < 4.78 is 6.20. The lowest BCUT2D eigenvalue weighted by Crippen LogP contribution is -2.55. The van der Waals surface area contributed by atoms with Crippen LogP contribution < -0.4 is 10.1 Å². The SMILES string of the molecule is CC1C(COc2ccc3c(c2)NC(=O)CC3)CCCN1CC(O)C1(c2ccc(Cl)cc2)CCC1. The quantitative estimate of drug-likeness (QED) is 0.570. The number of fused-ring (bicyclic) bond motifs is 1. The maximum absolute atomic E-state index is 11.7. The molecule has 2 aromatic rings. The highest BCUT2D eigenvalue weighted by Crippen LogP contribution is 2.47. The molecule has 3 aliphatic rings. The number of likely N-dealkylation sites (tertiary alicyclic amines) is 1. The standard InChI is InChI=1S/C28H35ClN2O3/c1-19-21(18-34-24-11-5-20-6-12-27(33)30-25(20)16-24)4-2-15-31(19)17-26(32)28(13-3-14-28)22-7-9-23(29)10-8-22/h5,7-11,16,19,21,26,32H,2-4,6,12-15,17-18H2,1H3,(H,30,33). The first-order chi connectivity index (χ1) is 16.4. The molecule has 3 unspecified atom stereocenters. The molecule has 3 atom stereocenters. The highest BCUT2D eigenvalue weighted by Gasteiger charge is 2.46. The number of nitrogens with one attached hydrogen (secondary N) is 1. The number of aliphatic hydroxyl groups excluding tert-OH is 1. The van der Waals surface area contributed by atoms with E-state index < -0.39 is 6.10 Å². The Balaban J connectivity index is 1.21. The van der Waals surface area contributed by atoms with Crippen molar-refractivity contribution >= 4 is 23.2 Å². The summed E-state index contributed by atoms with van der Waals surface area (Å²) in [6.07, 6.45) is 6.39. The number of hydrogen-bond acceptors (Lipinski definition) is 4. The number of rotatable bonds is 7. The highest BCUT2D eigenvalue weighted by atomic mass is 35.5. The Kier molecular flexibility index (Phi) is 6.88. The Labute approximate surface area is 207 Å². The van der Waals surface area contributed by atoms with Gasteiger partial charge in [-0.25, -0.2) is 0 Å². The van der Waals surface area contributed by atoms with Gasteiger partial charge < -0.3 is 15.2 Å². The summed E-state index contributed by atoms with van der Waals surface area (Å²) in [5.41, 5.74) is 3.10. The molecule has 1 amide bonds. The highest BCUT2D eigenvalue weighted by molar-refractivity contribution is 6.30. The number of halogens is 1. The normalized spacial score (nSPS) is 25.1. The third-order valence-corrected chi connectivity index (χ3v) is 8.68. The Hall–Kier alpha value is -2.08. The Morgan fingerprint density at radius 1 is 1.18 bits per heavy atom. The van der Waals surface area contributed by atoms with E-state index in [2.05, 4.69) is 35.3 Å². The van der Waals surface area contributed by atoms with Crippen LogP contribution in [-0.4, -0.2) is 47.8 Å². The third-order valence-electron chi connectivity index (χ3n) is 8.43. The van der Waals surface area contributed by atoms with Crippen molar-refractivity contribution in [1.82, 2.24) is 4.90 Å². The summed E-state index contributed by atoms with van der Waals surface area (Å²) in [7, 11) is 0. The number of β-amino-alcohol motifs (C(OH)–C–C–N with tert-alkyl or cyclic N) is 1. The van der Waals surface area contributed by atoms with Crippen LogP contribution in [0, 0.1) is 5.92 Å². The van der Waals surface area contributed by atoms with Crippen molar-refractivity contribution < 1.29 is 14.6 Å². The van der Waals surface area contributed by atoms with Gasteiger partial charge in [0.1, 0.15) is 5.75 Å². The van der Waals surface area contributed by atoms with Crippen LogP contribution in [0.3, 0.4) is 0 Å². The Bertz CT molecular complexity index is 1020. The zero-order valence-electron chi connectivity index (χ0n) is 19.9. The molecule has 2 aromatic carbocycles. The molecule has 2 fully saturated rings. The van der Waals surface area contributed by atoms with Gasteiger partial charge >= 0.3 is 0 Å². The number of nitrogens with zero attached hydrogens (tertiary/aromatic N) is 1. The molecule has 2 N–H and O–H groups in total. The van der Waals surface area contributed by atoms with Crippen molar-refractivity contribution in [2.75, 3.05) is 25.0 Å². The van der Waals surface area contributed by atoms with E-state index in [1.54, 1.807) is 0 Å². The monoisotopic (exact) mass is 482 g/mol. The van der Waals surface area contributed by atoms with Gasteiger partial charge in [-0.1, -0.05) is 36.2 Å².